The number of rotatable bonds is 6. The molecule has 0 saturated carbocycles. The van der Waals surface area contributed by atoms with Crippen LogP contribution in [0.1, 0.15) is 44.7 Å². The van der Waals surface area contributed by atoms with Gasteiger partial charge in [-0.05, 0) is 24.1 Å². The van der Waals surface area contributed by atoms with Gasteiger partial charge in [-0.3, -0.25) is 4.79 Å². The van der Waals surface area contributed by atoms with Crippen LogP contribution in [-0.4, -0.2) is 18.4 Å². The first-order valence-corrected chi connectivity index (χ1v) is 7.24. The maximum atomic E-state index is 12.4. The highest BCUT2D eigenvalue weighted by molar-refractivity contribution is 6.31. The van der Waals surface area contributed by atoms with E-state index in [0.29, 0.717) is 12.6 Å². The quantitative estimate of drug-likeness (QED) is 0.855. The Labute approximate surface area is 121 Å². The summed E-state index contributed by atoms with van der Waals surface area (Å²) in [4.78, 5) is 12.4. The van der Waals surface area contributed by atoms with E-state index in [4.69, 9.17) is 11.6 Å². The number of benzene rings is 1. The molecule has 19 heavy (non-hydrogen) atoms. The summed E-state index contributed by atoms with van der Waals surface area (Å²) in [6.07, 6.45) is 0. The van der Waals surface area contributed by atoms with Crippen LogP contribution in [0, 0.1) is 12.8 Å². The first-order chi connectivity index (χ1) is 8.82. The molecule has 0 spiro atoms. The third kappa shape index (κ3) is 4.63. The number of Topliss-reactive ketones (excluding diaryl/α,β-unsaturated/α-hetero) is 1. The Morgan fingerprint density at radius 3 is 2.37 bits per heavy atom. The topological polar surface area (TPSA) is 29.1 Å². The van der Waals surface area contributed by atoms with Crippen LogP contribution in [0.15, 0.2) is 18.2 Å². The smallest absolute Gasteiger partial charge is 0.144 e. The molecule has 0 saturated heterocycles. The number of carbonyl (C=O) groups excluding carboxylic acids is 1. The molecule has 0 aromatic heterocycles. The summed E-state index contributed by atoms with van der Waals surface area (Å²) in [5.74, 6) is 0.211. The number of nitrogens with one attached hydrogen (secondary N) is 1. The van der Waals surface area contributed by atoms with Gasteiger partial charge in [0.05, 0.1) is 5.92 Å². The van der Waals surface area contributed by atoms with E-state index in [1.165, 1.54) is 0 Å². The summed E-state index contributed by atoms with van der Waals surface area (Å²) in [5.41, 5.74) is 2.07. The predicted molar refractivity (Wildman–Crippen MR) is 81.9 cm³/mol. The molecule has 0 aliphatic rings. The second-order valence-corrected chi connectivity index (χ2v) is 6.09. The first-order valence-electron chi connectivity index (χ1n) is 6.86. The Morgan fingerprint density at radius 1 is 1.26 bits per heavy atom. The van der Waals surface area contributed by atoms with Crippen LogP contribution in [0.5, 0.6) is 0 Å². The van der Waals surface area contributed by atoms with Gasteiger partial charge in [0.2, 0.25) is 0 Å². The van der Waals surface area contributed by atoms with Gasteiger partial charge in [0.15, 0.2) is 0 Å². The Hall–Kier alpha value is -0.860. The Kier molecular flexibility index (Phi) is 6.02. The van der Waals surface area contributed by atoms with Gasteiger partial charge >= 0.3 is 0 Å². The van der Waals surface area contributed by atoms with Crippen molar-refractivity contribution in [3.63, 3.8) is 0 Å². The van der Waals surface area contributed by atoms with Crippen molar-refractivity contribution in [2.45, 2.75) is 46.6 Å². The minimum Gasteiger partial charge on any atom is -0.313 e. The fourth-order valence-corrected chi connectivity index (χ4v) is 2.14. The lowest BCUT2D eigenvalue weighted by Gasteiger charge is -2.21. The molecule has 0 aliphatic carbocycles. The number of aryl methyl sites for hydroxylation is 1. The highest BCUT2D eigenvalue weighted by Gasteiger charge is 2.23. The molecule has 1 rings (SSSR count). The summed E-state index contributed by atoms with van der Waals surface area (Å²) < 4.78 is 0. The van der Waals surface area contributed by atoms with Gasteiger partial charge in [-0.15, -0.1) is 0 Å². The lowest BCUT2D eigenvalue weighted by atomic mass is 9.88. The van der Waals surface area contributed by atoms with Gasteiger partial charge in [-0.1, -0.05) is 51.4 Å². The second kappa shape index (κ2) is 7.06. The van der Waals surface area contributed by atoms with Crippen LogP contribution >= 0.6 is 11.6 Å². The van der Waals surface area contributed by atoms with Crippen LogP contribution in [-0.2, 0) is 4.79 Å². The molecule has 0 unspecified atom stereocenters. The second-order valence-electron chi connectivity index (χ2n) is 5.68. The summed E-state index contributed by atoms with van der Waals surface area (Å²) >= 11 is 6.05. The lowest BCUT2D eigenvalue weighted by Crippen LogP contribution is -2.33. The molecule has 3 heteroatoms. The number of hydrogen-bond acceptors (Lipinski definition) is 2. The van der Waals surface area contributed by atoms with E-state index in [-0.39, 0.29) is 17.6 Å². The third-order valence-corrected chi connectivity index (χ3v) is 3.65. The van der Waals surface area contributed by atoms with E-state index >= 15 is 0 Å². The van der Waals surface area contributed by atoms with E-state index in [1.54, 1.807) is 0 Å². The monoisotopic (exact) mass is 281 g/mol. The Morgan fingerprint density at radius 2 is 1.89 bits per heavy atom. The van der Waals surface area contributed by atoms with Crippen molar-refractivity contribution in [1.29, 1.82) is 0 Å². The number of halogens is 1. The molecule has 1 aromatic rings. The number of carbonyl (C=O) groups is 1. The zero-order valence-electron chi connectivity index (χ0n) is 12.5. The zero-order valence-corrected chi connectivity index (χ0v) is 13.2. The molecule has 1 atom stereocenters. The van der Waals surface area contributed by atoms with Crippen LogP contribution in [0.4, 0.5) is 0 Å². The van der Waals surface area contributed by atoms with E-state index in [0.717, 1.165) is 16.1 Å². The minimum atomic E-state index is -0.0987. The molecule has 0 radical (unpaired) electrons. The number of ketones is 1. The molecule has 2 nitrogen and oxygen atoms in total. The maximum absolute atomic E-state index is 12.4. The minimum absolute atomic E-state index is 0.0370. The molecule has 0 aliphatic heterocycles. The van der Waals surface area contributed by atoms with Crippen LogP contribution in [0.3, 0.4) is 0 Å². The van der Waals surface area contributed by atoms with Gasteiger partial charge in [0.1, 0.15) is 5.78 Å². The number of hydrogen-bond donors (Lipinski definition) is 1. The van der Waals surface area contributed by atoms with E-state index in [2.05, 4.69) is 19.2 Å². The van der Waals surface area contributed by atoms with E-state index in [1.807, 2.05) is 39.0 Å². The fourth-order valence-electron chi connectivity index (χ4n) is 2.02. The van der Waals surface area contributed by atoms with Crippen molar-refractivity contribution in [3.05, 3.63) is 34.3 Å². The molecule has 106 valence electrons. The van der Waals surface area contributed by atoms with Crippen molar-refractivity contribution in [1.82, 2.24) is 5.32 Å². The molecule has 1 aromatic carbocycles. The highest BCUT2D eigenvalue weighted by atomic mass is 35.5. The van der Waals surface area contributed by atoms with Gasteiger partial charge in [0, 0.05) is 23.5 Å². The average molecular weight is 282 g/mol. The van der Waals surface area contributed by atoms with Gasteiger partial charge in [0.25, 0.3) is 0 Å². The van der Waals surface area contributed by atoms with Crippen LogP contribution < -0.4 is 5.32 Å². The van der Waals surface area contributed by atoms with Crippen molar-refractivity contribution in [3.8, 4) is 0 Å². The summed E-state index contributed by atoms with van der Waals surface area (Å²) in [5, 5.41) is 4.11. The normalized spacial score (nSPS) is 13.1. The van der Waals surface area contributed by atoms with Gasteiger partial charge < -0.3 is 5.32 Å². The largest absolute Gasteiger partial charge is 0.313 e. The first kappa shape index (κ1) is 16.2. The molecule has 1 N–H and O–H groups in total. The van der Waals surface area contributed by atoms with Gasteiger partial charge in [-0.25, -0.2) is 0 Å². The summed E-state index contributed by atoms with van der Waals surface area (Å²) in [6, 6.07) is 6.23. The Balaban J connectivity index is 3.00. The zero-order chi connectivity index (χ0) is 14.6. The van der Waals surface area contributed by atoms with Crippen molar-refractivity contribution >= 4 is 17.4 Å². The van der Waals surface area contributed by atoms with Gasteiger partial charge in [-0.2, -0.15) is 0 Å². The maximum Gasteiger partial charge on any atom is 0.144 e. The predicted octanol–water partition coefficient (Wildman–Crippen LogP) is 3.96. The fraction of sp³-hybridized carbons (Fsp3) is 0.562. The lowest BCUT2D eigenvalue weighted by molar-refractivity contribution is -0.123. The summed E-state index contributed by atoms with van der Waals surface area (Å²) in [6.45, 7) is 10.7. The average Bonchev–Trinajstić information content (AvgIpc) is 2.33. The van der Waals surface area contributed by atoms with E-state index in [9.17, 15) is 4.79 Å². The van der Waals surface area contributed by atoms with Crippen molar-refractivity contribution in [2.75, 3.05) is 6.54 Å². The Bertz CT molecular complexity index is 440. The molecule has 0 heterocycles. The van der Waals surface area contributed by atoms with Crippen molar-refractivity contribution < 1.29 is 4.79 Å². The van der Waals surface area contributed by atoms with E-state index < -0.39 is 0 Å². The molecular weight excluding hydrogens is 258 g/mol. The highest BCUT2D eigenvalue weighted by Crippen LogP contribution is 2.24. The van der Waals surface area contributed by atoms with Crippen LogP contribution in [0.25, 0.3) is 0 Å². The summed E-state index contributed by atoms with van der Waals surface area (Å²) in [7, 11) is 0. The molecule has 0 amide bonds. The SMILES string of the molecule is Cc1cc([C@@H](CNC(C)C)C(=O)C(C)C)ccc1Cl. The molecule has 0 bridgehead atoms. The van der Waals surface area contributed by atoms with Crippen molar-refractivity contribution in [2.24, 2.45) is 5.92 Å². The molecule has 0 fully saturated rings. The van der Waals surface area contributed by atoms with Crippen LogP contribution in [0.2, 0.25) is 5.02 Å². The third-order valence-electron chi connectivity index (χ3n) is 3.23. The molecular formula is C16H24ClNO. The standard InChI is InChI=1S/C16H24ClNO/c1-10(2)16(19)14(9-18-11(3)4)13-6-7-15(17)12(5)8-13/h6-8,10-11,14,18H,9H2,1-5H3/t14-/m1/s1.